The Morgan fingerprint density at radius 1 is 1.43 bits per heavy atom. The summed E-state index contributed by atoms with van der Waals surface area (Å²) in [5.74, 6) is -0.619. The number of halogens is 1. The normalized spacial score (nSPS) is 19.9. The lowest BCUT2D eigenvalue weighted by Crippen LogP contribution is -2.23. The van der Waals surface area contributed by atoms with E-state index in [1.165, 1.54) is 0 Å². The summed E-state index contributed by atoms with van der Waals surface area (Å²) in [6.07, 6.45) is 1.78. The summed E-state index contributed by atoms with van der Waals surface area (Å²) in [6.45, 7) is 5.17. The highest BCUT2D eigenvalue weighted by Crippen LogP contribution is 2.35. The van der Waals surface area contributed by atoms with E-state index in [0.717, 1.165) is 15.7 Å². The van der Waals surface area contributed by atoms with Crippen LogP contribution in [0.5, 0.6) is 0 Å². The zero-order valence-electron chi connectivity index (χ0n) is 8.21. The first-order valence-corrected chi connectivity index (χ1v) is 5.32. The third kappa shape index (κ3) is 1.69. The van der Waals surface area contributed by atoms with Crippen LogP contribution >= 0.6 is 15.9 Å². The smallest absolute Gasteiger partial charge is 0.193 e. The third-order valence-electron chi connectivity index (χ3n) is 2.32. The molecule has 0 atom stereocenters. The van der Waals surface area contributed by atoms with E-state index < -0.39 is 5.79 Å². The van der Waals surface area contributed by atoms with Crippen molar-refractivity contribution in [3.63, 3.8) is 0 Å². The van der Waals surface area contributed by atoms with Gasteiger partial charge in [-0.1, -0.05) is 0 Å². The molecule has 0 aliphatic carbocycles. The van der Waals surface area contributed by atoms with E-state index >= 15 is 0 Å². The zero-order chi connectivity index (χ0) is 10.2. The highest BCUT2D eigenvalue weighted by Gasteiger charge is 2.34. The molecule has 0 bridgehead atoms. The number of nitrogens with zero attached hydrogens (tertiary/aromatic N) is 1. The molecule has 1 aliphatic rings. The van der Waals surface area contributed by atoms with E-state index in [0.29, 0.717) is 13.2 Å². The predicted octanol–water partition coefficient (Wildman–Crippen LogP) is 2.37. The second kappa shape index (κ2) is 3.61. The van der Waals surface area contributed by atoms with Crippen LogP contribution in [0.4, 0.5) is 0 Å². The van der Waals surface area contributed by atoms with Crippen molar-refractivity contribution < 1.29 is 9.47 Å². The van der Waals surface area contributed by atoms with Gasteiger partial charge in [-0.15, -0.1) is 0 Å². The third-order valence-corrected chi connectivity index (χ3v) is 2.95. The van der Waals surface area contributed by atoms with Gasteiger partial charge in [0.15, 0.2) is 5.79 Å². The van der Waals surface area contributed by atoms with Gasteiger partial charge in [-0.25, -0.2) is 0 Å². The topological polar surface area (TPSA) is 31.4 Å². The monoisotopic (exact) mass is 257 g/mol. The Hall–Kier alpha value is -0.450. The summed E-state index contributed by atoms with van der Waals surface area (Å²) >= 11 is 3.45. The number of aryl methyl sites for hydroxylation is 1. The average molecular weight is 258 g/mol. The van der Waals surface area contributed by atoms with Gasteiger partial charge in [-0.3, -0.25) is 4.98 Å². The van der Waals surface area contributed by atoms with Gasteiger partial charge in [0.25, 0.3) is 0 Å². The standard InChI is InChI=1S/C10H12BrNO2/c1-7-5-8(9(11)6-12-7)10(2)13-3-4-14-10/h5-6H,3-4H2,1-2H3. The summed E-state index contributed by atoms with van der Waals surface area (Å²) in [5.41, 5.74) is 1.96. The first-order chi connectivity index (χ1) is 6.62. The van der Waals surface area contributed by atoms with E-state index in [9.17, 15) is 0 Å². The number of ether oxygens (including phenoxy) is 2. The van der Waals surface area contributed by atoms with E-state index in [4.69, 9.17) is 9.47 Å². The van der Waals surface area contributed by atoms with Crippen LogP contribution < -0.4 is 0 Å². The summed E-state index contributed by atoms with van der Waals surface area (Å²) in [6, 6.07) is 1.98. The fourth-order valence-corrected chi connectivity index (χ4v) is 2.14. The summed E-state index contributed by atoms with van der Waals surface area (Å²) in [4.78, 5) is 4.18. The van der Waals surface area contributed by atoms with Gasteiger partial charge in [0.1, 0.15) is 0 Å². The van der Waals surface area contributed by atoms with Crippen molar-refractivity contribution >= 4 is 15.9 Å². The minimum Gasteiger partial charge on any atom is -0.344 e. The molecule has 14 heavy (non-hydrogen) atoms. The molecule has 0 spiro atoms. The molecular formula is C10H12BrNO2. The van der Waals surface area contributed by atoms with Crippen molar-refractivity contribution in [3.05, 3.63) is 28.0 Å². The maximum Gasteiger partial charge on any atom is 0.193 e. The van der Waals surface area contributed by atoms with E-state index in [1.54, 1.807) is 6.20 Å². The molecule has 76 valence electrons. The Morgan fingerprint density at radius 3 is 2.71 bits per heavy atom. The Labute approximate surface area is 91.6 Å². The Kier molecular flexibility index (Phi) is 2.60. The summed E-state index contributed by atoms with van der Waals surface area (Å²) < 4.78 is 12.1. The van der Waals surface area contributed by atoms with Crippen LogP contribution in [0, 0.1) is 6.92 Å². The number of pyridine rings is 1. The molecule has 1 aromatic heterocycles. The predicted molar refractivity (Wildman–Crippen MR) is 55.9 cm³/mol. The SMILES string of the molecule is Cc1cc(C2(C)OCCO2)c(Br)cn1. The maximum absolute atomic E-state index is 5.58. The van der Waals surface area contributed by atoms with Gasteiger partial charge in [0.2, 0.25) is 0 Å². The highest BCUT2D eigenvalue weighted by atomic mass is 79.9. The molecule has 1 fully saturated rings. The maximum atomic E-state index is 5.58. The molecular weight excluding hydrogens is 246 g/mol. The van der Waals surface area contributed by atoms with Crippen LogP contribution in [0.15, 0.2) is 16.7 Å². The van der Waals surface area contributed by atoms with Gasteiger partial charge in [-0.05, 0) is 35.8 Å². The lowest BCUT2D eigenvalue weighted by molar-refractivity contribution is -0.150. The molecule has 4 heteroatoms. The van der Waals surface area contributed by atoms with Crippen molar-refractivity contribution in [2.45, 2.75) is 19.6 Å². The number of aromatic nitrogens is 1. The van der Waals surface area contributed by atoms with Crippen molar-refractivity contribution in [3.8, 4) is 0 Å². The number of hydrogen-bond donors (Lipinski definition) is 0. The van der Waals surface area contributed by atoms with Crippen LogP contribution in [0.3, 0.4) is 0 Å². The van der Waals surface area contributed by atoms with Gasteiger partial charge < -0.3 is 9.47 Å². The quantitative estimate of drug-likeness (QED) is 0.774. The first kappa shape index (κ1) is 10.1. The van der Waals surface area contributed by atoms with Gasteiger partial charge in [0.05, 0.1) is 13.2 Å². The first-order valence-electron chi connectivity index (χ1n) is 4.52. The molecule has 0 amide bonds. The van der Waals surface area contributed by atoms with Crippen LogP contribution in [-0.2, 0) is 15.3 Å². The zero-order valence-corrected chi connectivity index (χ0v) is 9.80. The fraction of sp³-hybridized carbons (Fsp3) is 0.500. The summed E-state index contributed by atoms with van der Waals surface area (Å²) in [7, 11) is 0. The molecule has 1 saturated heterocycles. The van der Waals surface area contributed by atoms with E-state index in [2.05, 4.69) is 20.9 Å². The molecule has 1 aromatic rings. The molecule has 0 unspecified atom stereocenters. The molecule has 1 aliphatic heterocycles. The van der Waals surface area contributed by atoms with Crippen molar-refractivity contribution in [1.82, 2.24) is 4.98 Å². The molecule has 2 heterocycles. The Bertz CT molecular complexity index is 348. The van der Waals surface area contributed by atoms with Crippen LogP contribution in [-0.4, -0.2) is 18.2 Å². The largest absolute Gasteiger partial charge is 0.344 e. The van der Waals surface area contributed by atoms with Crippen LogP contribution in [0.2, 0.25) is 0 Å². The lowest BCUT2D eigenvalue weighted by Gasteiger charge is -2.24. The second-order valence-corrected chi connectivity index (χ2v) is 4.30. The molecule has 0 aromatic carbocycles. The second-order valence-electron chi connectivity index (χ2n) is 3.45. The van der Waals surface area contributed by atoms with E-state index in [-0.39, 0.29) is 0 Å². The minimum atomic E-state index is -0.619. The molecule has 2 rings (SSSR count). The minimum absolute atomic E-state index is 0.619. The highest BCUT2D eigenvalue weighted by molar-refractivity contribution is 9.10. The lowest BCUT2D eigenvalue weighted by atomic mass is 10.1. The molecule has 0 radical (unpaired) electrons. The van der Waals surface area contributed by atoms with Crippen molar-refractivity contribution in [2.24, 2.45) is 0 Å². The van der Waals surface area contributed by atoms with Gasteiger partial charge >= 0.3 is 0 Å². The molecule has 0 N–H and O–H groups in total. The average Bonchev–Trinajstić information content (AvgIpc) is 2.58. The molecule has 0 saturated carbocycles. The Balaban J connectivity index is 2.44. The fourth-order valence-electron chi connectivity index (χ4n) is 1.56. The van der Waals surface area contributed by atoms with Crippen molar-refractivity contribution in [2.75, 3.05) is 13.2 Å². The van der Waals surface area contributed by atoms with Crippen molar-refractivity contribution in [1.29, 1.82) is 0 Å². The van der Waals surface area contributed by atoms with Crippen LogP contribution in [0.25, 0.3) is 0 Å². The van der Waals surface area contributed by atoms with Crippen LogP contribution in [0.1, 0.15) is 18.2 Å². The van der Waals surface area contributed by atoms with Gasteiger partial charge in [0, 0.05) is 21.9 Å². The van der Waals surface area contributed by atoms with Gasteiger partial charge in [-0.2, -0.15) is 0 Å². The summed E-state index contributed by atoms with van der Waals surface area (Å²) in [5, 5.41) is 0. The number of hydrogen-bond acceptors (Lipinski definition) is 3. The van der Waals surface area contributed by atoms with E-state index in [1.807, 2.05) is 19.9 Å². The Morgan fingerprint density at radius 2 is 2.07 bits per heavy atom. The molecule has 3 nitrogen and oxygen atoms in total. The number of rotatable bonds is 1.